The molecule has 8 amide bonds. The summed E-state index contributed by atoms with van der Waals surface area (Å²) in [6.07, 6.45) is 6.81. The highest BCUT2D eigenvalue weighted by Gasteiger charge is 2.50. The second-order valence-electron chi connectivity index (χ2n) is 25.5. The number of rotatable bonds is 33. The van der Waals surface area contributed by atoms with Crippen LogP contribution in [0.4, 0.5) is 11.4 Å². The lowest BCUT2D eigenvalue weighted by molar-refractivity contribution is -0.144. The summed E-state index contributed by atoms with van der Waals surface area (Å²) in [5.74, 6) is -3.51. The molecule has 0 saturated carbocycles. The topological polar surface area (TPSA) is 310 Å². The Balaban J connectivity index is 0.736. The SMILES string of the molecule is CC[C@H](NC)C(=O)N[C@@H]1C(=O)N2[C@@H](CC[C@@H]1CNC(=O)CCCNc1c(NCCCCNC(=O)[C@@H](NC(=O)[C@@H]3CC[C@@H]4CC[C@H](CNCc5ccccc5)[C@H](NC(=O)[C@H](CC)NC)C(=O)N43)c3ccccc3)c(=O)c1=O)CC[C@H]2C(=O)NC(c1ccccc1)c1ccccc1. The van der Waals surface area contributed by atoms with Gasteiger partial charge in [0.1, 0.15) is 41.6 Å². The third-order valence-electron chi connectivity index (χ3n) is 19.4. The number of anilines is 2. The molecule has 11 N–H and O–H groups in total. The van der Waals surface area contributed by atoms with Crippen LogP contribution < -0.4 is 69.3 Å². The normalized spacial score (nSPS) is 21.9. The van der Waals surface area contributed by atoms with E-state index in [4.69, 9.17) is 0 Å². The van der Waals surface area contributed by atoms with Gasteiger partial charge >= 0.3 is 0 Å². The monoisotopic (exact) mass is 1300 g/mol. The van der Waals surface area contributed by atoms with Crippen molar-refractivity contribution in [3.63, 3.8) is 0 Å². The summed E-state index contributed by atoms with van der Waals surface area (Å²) >= 11 is 0. The van der Waals surface area contributed by atoms with Crippen LogP contribution in [-0.4, -0.2) is 152 Å². The van der Waals surface area contributed by atoms with Crippen molar-refractivity contribution in [3.05, 3.63) is 164 Å². The molecule has 508 valence electrons. The van der Waals surface area contributed by atoms with E-state index >= 15 is 0 Å². The molecule has 5 aromatic carbocycles. The molecule has 0 radical (unpaired) electrons. The molecule has 11 atom stereocenters. The van der Waals surface area contributed by atoms with Crippen molar-refractivity contribution >= 4 is 58.6 Å². The Hall–Kier alpha value is -8.80. The van der Waals surface area contributed by atoms with Crippen LogP contribution in [0.5, 0.6) is 0 Å². The van der Waals surface area contributed by atoms with Crippen LogP contribution in [0.15, 0.2) is 131 Å². The van der Waals surface area contributed by atoms with Gasteiger partial charge in [0, 0.05) is 69.6 Å². The molecular formula is C72H95N13O10. The van der Waals surface area contributed by atoms with Crippen molar-refractivity contribution < 1.29 is 38.4 Å². The van der Waals surface area contributed by atoms with E-state index in [1.165, 1.54) is 0 Å². The lowest BCUT2D eigenvalue weighted by Gasteiger charge is -2.33. The molecule has 0 aromatic heterocycles. The average Bonchev–Trinajstić information content (AvgIpc) is 1.64. The van der Waals surface area contributed by atoms with Crippen LogP contribution in [-0.2, 0) is 44.9 Å². The second-order valence-corrected chi connectivity index (χ2v) is 25.5. The van der Waals surface area contributed by atoms with Crippen molar-refractivity contribution in [2.75, 3.05) is 57.5 Å². The van der Waals surface area contributed by atoms with Gasteiger partial charge in [-0.1, -0.05) is 135 Å². The zero-order valence-corrected chi connectivity index (χ0v) is 55.1. The van der Waals surface area contributed by atoms with Crippen LogP contribution in [0.2, 0.25) is 0 Å². The molecule has 4 aliphatic rings. The Bertz CT molecular complexity index is 3420. The Morgan fingerprint density at radius 3 is 1.42 bits per heavy atom. The summed E-state index contributed by atoms with van der Waals surface area (Å²) in [6.45, 7) is 5.66. The fourth-order valence-electron chi connectivity index (χ4n) is 14.1. The van der Waals surface area contributed by atoms with Gasteiger partial charge in [0.15, 0.2) is 0 Å². The Morgan fingerprint density at radius 1 is 0.484 bits per heavy atom. The van der Waals surface area contributed by atoms with Crippen LogP contribution in [0, 0.1) is 11.8 Å². The van der Waals surface area contributed by atoms with Crippen LogP contribution in [0.25, 0.3) is 0 Å². The molecule has 0 bridgehead atoms. The summed E-state index contributed by atoms with van der Waals surface area (Å²) in [5, 5.41) is 33.9. The maximum atomic E-state index is 14.8. The number of amides is 8. The highest BCUT2D eigenvalue weighted by atomic mass is 16.2. The molecule has 4 fully saturated rings. The van der Waals surface area contributed by atoms with Crippen molar-refractivity contribution in [1.29, 1.82) is 0 Å². The van der Waals surface area contributed by atoms with Gasteiger partial charge in [-0.3, -0.25) is 47.9 Å². The number of carbonyl (C=O) groups excluding carboxylic acids is 8. The highest BCUT2D eigenvalue weighted by molar-refractivity contribution is 5.97. The molecule has 4 saturated heterocycles. The smallest absolute Gasteiger partial charge is 0.253 e. The third kappa shape index (κ3) is 17.8. The third-order valence-corrected chi connectivity index (χ3v) is 19.4. The maximum Gasteiger partial charge on any atom is 0.253 e. The molecule has 0 aliphatic carbocycles. The van der Waals surface area contributed by atoms with E-state index in [0.29, 0.717) is 109 Å². The number of hydrogen-bond donors (Lipinski definition) is 11. The molecule has 0 spiro atoms. The average molecular weight is 1300 g/mol. The van der Waals surface area contributed by atoms with Gasteiger partial charge in [-0.25, -0.2) is 0 Å². The van der Waals surface area contributed by atoms with Crippen molar-refractivity contribution in [2.45, 2.75) is 171 Å². The number of carbonyl (C=O) groups is 8. The van der Waals surface area contributed by atoms with E-state index in [1.54, 1.807) is 48.2 Å². The second kappa shape index (κ2) is 34.6. The molecule has 23 heteroatoms. The first kappa shape index (κ1) is 70.5. The lowest BCUT2D eigenvalue weighted by Crippen LogP contribution is -2.59. The first-order valence-electron chi connectivity index (χ1n) is 34.1. The summed E-state index contributed by atoms with van der Waals surface area (Å²) in [4.78, 5) is 142. The Labute approximate surface area is 556 Å². The largest absolute Gasteiger partial charge is 0.380 e. The molecule has 5 aromatic rings. The van der Waals surface area contributed by atoms with E-state index in [9.17, 15) is 47.9 Å². The predicted molar refractivity (Wildman–Crippen MR) is 364 cm³/mol. The predicted octanol–water partition coefficient (Wildman–Crippen LogP) is 3.96. The minimum absolute atomic E-state index is 0.0637. The summed E-state index contributed by atoms with van der Waals surface area (Å²) in [5.41, 5.74) is 2.37. The molecule has 9 rings (SSSR count). The number of unbranched alkanes of at least 4 members (excludes halogenated alkanes) is 1. The minimum atomic E-state index is -1.08. The highest BCUT2D eigenvalue weighted by Crippen LogP contribution is 2.37. The number of hydrogen-bond acceptors (Lipinski definition) is 15. The van der Waals surface area contributed by atoms with Gasteiger partial charge in [-0.05, 0) is 120 Å². The van der Waals surface area contributed by atoms with E-state index in [-0.39, 0.29) is 90.9 Å². The number of nitrogens with one attached hydrogen (secondary N) is 11. The zero-order valence-electron chi connectivity index (χ0n) is 55.1. The quantitative estimate of drug-likeness (QED) is 0.0209. The molecular weight excluding hydrogens is 1210 g/mol. The van der Waals surface area contributed by atoms with E-state index in [2.05, 4.69) is 58.5 Å². The summed E-state index contributed by atoms with van der Waals surface area (Å²) in [7, 11) is 3.39. The fraction of sp³-hybridized carbons (Fsp3) is 0.500. The van der Waals surface area contributed by atoms with Gasteiger partial charge in [0.2, 0.25) is 47.3 Å². The summed E-state index contributed by atoms with van der Waals surface area (Å²) in [6, 6.07) is 31.6. The van der Waals surface area contributed by atoms with Gasteiger partial charge in [-0.15, -0.1) is 0 Å². The van der Waals surface area contributed by atoms with Gasteiger partial charge in [0.05, 0.1) is 18.1 Å². The van der Waals surface area contributed by atoms with Gasteiger partial charge in [0.25, 0.3) is 10.9 Å². The fourth-order valence-corrected chi connectivity index (χ4v) is 14.1. The number of fused-ring (bicyclic) bond motifs is 2. The number of benzene rings is 4. The number of nitrogens with zero attached hydrogens (tertiary/aromatic N) is 2. The van der Waals surface area contributed by atoms with Gasteiger partial charge in [-0.2, -0.15) is 0 Å². The minimum Gasteiger partial charge on any atom is -0.380 e. The Morgan fingerprint density at radius 2 is 0.926 bits per heavy atom. The van der Waals surface area contributed by atoms with Crippen molar-refractivity contribution in [1.82, 2.24) is 57.7 Å². The molecule has 4 heterocycles. The number of likely N-dealkylation sites (N-methyl/N-ethyl adjacent to an activating group) is 2. The van der Waals surface area contributed by atoms with Crippen LogP contribution in [0.1, 0.15) is 138 Å². The zero-order chi connectivity index (χ0) is 67.4. The van der Waals surface area contributed by atoms with Gasteiger partial charge < -0.3 is 68.3 Å². The Kier molecular flexibility index (Phi) is 25.7. The molecule has 95 heavy (non-hydrogen) atoms. The van der Waals surface area contributed by atoms with Crippen LogP contribution in [0.3, 0.4) is 0 Å². The van der Waals surface area contributed by atoms with E-state index in [0.717, 1.165) is 16.7 Å². The first-order valence-corrected chi connectivity index (χ1v) is 34.1. The lowest BCUT2D eigenvalue weighted by atomic mass is 9.92. The molecule has 4 aliphatic heterocycles. The standard InChI is InChI=1S/C72H95N13O10/c1-5-53(73-3)66(89)82-60-49(43-75-42-45-22-11-7-12-23-45)31-33-51-36-38-56(85(51)71(60)94)69(92)81-59(48-28-17-10-18-29-48)70(93)78-40-20-19-39-76-62-63(65(88)64(62)87)77-41-21-30-57(86)79-44-50-32-34-52-35-37-55(84(52)72(95)61(50)83-67(90)54(6-2)74-4)68(91)80-58(46-24-13-8-14-25-46)47-26-15-9-16-27-47/h7-18,22-29,49-56,58-61,73-77H,5-6,19-21,30-44H2,1-4H3,(H,78,93)(H,79,86)(H,80,91)(H,81,92)(H,82,89)(H,83,90)/t49-,50-,51+,52+,53+,54+,55+,56+,59+,60+,61+/m1/s1. The first-order chi connectivity index (χ1) is 46.1. The van der Waals surface area contributed by atoms with E-state index in [1.807, 2.05) is 111 Å². The van der Waals surface area contributed by atoms with E-state index < -0.39 is 76.9 Å². The molecule has 0 unspecified atom stereocenters. The summed E-state index contributed by atoms with van der Waals surface area (Å²) < 4.78 is 0. The maximum absolute atomic E-state index is 14.8. The van der Waals surface area contributed by atoms with Crippen LogP contribution >= 0.6 is 0 Å². The van der Waals surface area contributed by atoms with Crippen molar-refractivity contribution in [2.24, 2.45) is 11.8 Å². The molecule has 23 nitrogen and oxygen atoms in total. The van der Waals surface area contributed by atoms with Crippen molar-refractivity contribution in [3.8, 4) is 0 Å².